The Balaban J connectivity index is 5.24. The Kier molecular flexibility index (Phi) is 74.3. The Labute approximate surface area is 651 Å². The maximum Gasteiger partial charge on any atom is 0.472 e. The zero-order chi connectivity index (χ0) is 78.1. The second kappa shape index (κ2) is 75.7. The molecule has 0 amide bonds. The molecule has 0 aliphatic heterocycles. The van der Waals surface area contributed by atoms with Crippen LogP contribution in [0.2, 0.25) is 0 Å². The largest absolute Gasteiger partial charge is 0.472 e. The molecular weight excluding hydrogens is 1380 g/mol. The van der Waals surface area contributed by atoms with Gasteiger partial charge in [0.15, 0.2) is 12.2 Å². The summed E-state index contributed by atoms with van der Waals surface area (Å²) in [5, 5.41) is 10.7. The molecule has 3 N–H and O–H groups in total. The van der Waals surface area contributed by atoms with Gasteiger partial charge in [-0.05, 0) is 49.4 Å². The Hall–Kier alpha value is -1.94. The zero-order valence-electron chi connectivity index (χ0n) is 70.1. The minimum Gasteiger partial charge on any atom is -0.462 e. The number of phosphoric ester groups is 2. The summed E-state index contributed by atoms with van der Waals surface area (Å²) in [6.45, 7) is 14.3. The maximum atomic E-state index is 13.2. The molecule has 0 saturated carbocycles. The first-order chi connectivity index (χ1) is 51.1. The van der Waals surface area contributed by atoms with Gasteiger partial charge in [-0.3, -0.25) is 37.3 Å². The second-order valence-corrected chi connectivity index (χ2v) is 35.9. The van der Waals surface area contributed by atoms with E-state index in [0.717, 1.165) is 120 Å². The van der Waals surface area contributed by atoms with Crippen molar-refractivity contribution in [2.24, 2.45) is 23.7 Å². The number of aliphatic hydroxyl groups is 1. The van der Waals surface area contributed by atoms with Crippen LogP contribution in [-0.4, -0.2) is 96.7 Å². The van der Waals surface area contributed by atoms with E-state index in [1.54, 1.807) is 0 Å². The number of phosphoric acid groups is 2. The standard InChI is InChI=1S/C87H170O17P2/c1-9-80(8)66-58-50-45-46-52-60-68-85(90)98-74-83(104-87(92)70-62-54-44-38-32-26-20-14-17-23-29-35-41-49-57-65-79(6)7)76-102-106(95,96)100-72-81(88)71-99-105(93,94)101-75-82(103-86(91)69-61-53-43-37-31-25-19-13-11-16-22-28-34-40-48-56-64-78(4)5)73-97-84(89)67-59-51-42-36-30-24-18-12-10-15-21-27-33-39-47-55-63-77(2)3/h77-83,88H,9-76H2,1-8H3,(H,93,94)(H,95,96)/t80?,81-,82-,83-/m1/s1. The number of unbranched alkanes of at least 4 members (excludes halogenated alkanes) is 49. The first-order valence-corrected chi connectivity index (χ1v) is 47.7. The van der Waals surface area contributed by atoms with Crippen LogP contribution in [0.5, 0.6) is 0 Å². The van der Waals surface area contributed by atoms with Crippen LogP contribution in [0.1, 0.15) is 453 Å². The Bertz CT molecular complexity index is 2060. The number of rotatable bonds is 84. The van der Waals surface area contributed by atoms with Crippen LogP contribution in [0.3, 0.4) is 0 Å². The van der Waals surface area contributed by atoms with Gasteiger partial charge < -0.3 is 33.8 Å². The van der Waals surface area contributed by atoms with E-state index in [1.165, 1.54) is 250 Å². The highest BCUT2D eigenvalue weighted by Crippen LogP contribution is 2.45. The van der Waals surface area contributed by atoms with Crippen molar-refractivity contribution in [3.8, 4) is 0 Å². The average Bonchev–Trinajstić information content (AvgIpc) is 0.902. The summed E-state index contributed by atoms with van der Waals surface area (Å²) in [5.41, 5.74) is 0. The Morgan fingerprint density at radius 3 is 0.670 bits per heavy atom. The van der Waals surface area contributed by atoms with Gasteiger partial charge in [0, 0.05) is 25.7 Å². The van der Waals surface area contributed by atoms with E-state index in [2.05, 4.69) is 55.4 Å². The number of hydrogen-bond donors (Lipinski definition) is 3. The third-order valence-electron chi connectivity index (χ3n) is 20.7. The molecule has 0 radical (unpaired) electrons. The number of carbonyl (C=O) groups is 4. The molecule has 0 fully saturated rings. The SMILES string of the molecule is CCC(C)CCCCCCCCC(=O)OC[C@H](COP(=O)(O)OC[C@H](O)COP(=O)(O)OC[C@@H](COC(=O)CCCCCCCCCCCCCCCCCCC(C)C)OC(=O)CCCCCCCCCCCCCCCCCCC(C)C)OC(=O)CCCCCCCCCCCCCCCCCC(C)C. The minimum atomic E-state index is -4.97. The molecule has 0 spiro atoms. The molecule has 19 heteroatoms. The van der Waals surface area contributed by atoms with Crippen LogP contribution >= 0.6 is 15.6 Å². The van der Waals surface area contributed by atoms with Crippen LogP contribution in [0, 0.1) is 23.7 Å². The number of ether oxygens (including phenoxy) is 4. The van der Waals surface area contributed by atoms with Crippen LogP contribution in [-0.2, 0) is 65.4 Å². The van der Waals surface area contributed by atoms with Gasteiger partial charge in [-0.25, -0.2) is 9.13 Å². The van der Waals surface area contributed by atoms with Crippen molar-refractivity contribution >= 4 is 39.5 Å². The van der Waals surface area contributed by atoms with Crippen LogP contribution in [0.15, 0.2) is 0 Å². The van der Waals surface area contributed by atoms with Gasteiger partial charge >= 0.3 is 39.5 Å². The number of hydrogen-bond acceptors (Lipinski definition) is 15. The third-order valence-corrected chi connectivity index (χ3v) is 22.6. The minimum absolute atomic E-state index is 0.107. The lowest BCUT2D eigenvalue weighted by molar-refractivity contribution is -0.161. The quantitative estimate of drug-likeness (QED) is 0.0222. The molecule has 6 atom stereocenters. The van der Waals surface area contributed by atoms with E-state index in [-0.39, 0.29) is 25.7 Å². The third kappa shape index (κ3) is 78.7. The van der Waals surface area contributed by atoms with Crippen LogP contribution in [0.4, 0.5) is 0 Å². The molecule has 0 bridgehead atoms. The molecule has 0 aromatic heterocycles. The molecule has 17 nitrogen and oxygen atoms in total. The zero-order valence-corrected chi connectivity index (χ0v) is 71.9. The fourth-order valence-electron chi connectivity index (χ4n) is 13.5. The van der Waals surface area contributed by atoms with Gasteiger partial charge in [-0.2, -0.15) is 0 Å². The van der Waals surface area contributed by atoms with Crippen molar-refractivity contribution in [2.45, 2.75) is 472 Å². The Morgan fingerprint density at radius 1 is 0.264 bits per heavy atom. The highest BCUT2D eigenvalue weighted by atomic mass is 31.2. The van der Waals surface area contributed by atoms with Crippen molar-refractivity contribution in [1.82, 2.24) is 0 Å². The van der Waals surface area contributed by atoms with Crippen LogP contribution in [0.25, 0.3) is 0 Å². The monoisotopic (exact) mass is 1550 g/mol. The Morgan fingerprint density at radius 2 is 0.453 bits per heavy atom. The summed E-state index contributed by atoms with van der Waals surface area (Å²) >= 11 is 0. The molecule has 106 heavy (non-hydrogen) atoms. The number of carbonyl (C=O) groups excluding carboxylic acids is 4. The van der Waals surface area contributed by atoms with Gasteiger partial charge in [-0.1, -0.05) is 402 Å². The smallest absolute Gasteiger partial charge is 0.462 e. The summed E-state index contributed by atoms with van der Waals surface area (Å²) in [6.07, 6.45) is 65.3. The molecule has 3 unspecified atom stereocenters. The molecule has 0 saturated heterocycles. The highest BCUT2D eigenvalue weighted by Gasteiger charge is 2.31. The lowest BCUT2D eigenvalue weighted by atomic mass is 10.00. The normalized spacial score (nSPS) is 14.2. The molecule has 0 aromatic carbocycles. The predicted octanol–water partition coefficient (Wildman–Crippen LogP) is 26.3. The van der Waals surface area contributed by atoms with Crippen molar-refractivity contribution in [3.05, 3.63) is 0 Å². The highest BCUT2D eigenvalue weighted by molar-refractivity contribution is 7.47. The van der Waals surface area contributed by atoms with Crippen molar-refractivity contribution in [3.63, 3.8) is 0 Å². The summed E-state index contributed by atoms with van der Waals surface area (Å²) in [6, 6.07) is 0. The second-order valence-electron chi connectivity index (χ2n) is 33.0. The fraction of sp³-hybridized carbons (Fsp3) is 0.954. The first-order valence-electron chi connectivity index (χ1n) is 44.7. The van der Waals surface area contributed by atoms with Gasteiger partial charge in [0.05, 0.1) is 26.4 Å². The van der Waals surface area contributed by atoms with E-state index >= 15 is 0 Å². The van der Waals surface area contributed by atoms with Gasteiger partial charge in [0.1, 0.15) is 19.3 Å². The fourth-order valence-corrected chi connectivity index (χ4v) is 15.0. The summed E-state index contributed by atoms with van der Waals surface area (Å²) in [7, 11) is -9.93. The molecule has 630 valence electrons. The molecule has 0 aromatic rings. The van der Waals surface area contributed by atoms with E-state index in [9.17, 15) is 43.2 Å². The molecule has 0 heterocycles. The van der Waals surface area contributed by atoms with E-state index in [4.69, 9.17) is 37.0 Å². The summed E-state index contributed by atoms with van der Waals surface area (Å²) in [4.78, 5) is 73.3. The van der Waals surface area contributed by atoms with E-state index in [0.29, 0.717) is 25.7 Å². The molecule has 0 aliphatic rings. The van der Waals surface area contributed by atoms with Gasteiger partial charge in [-0.15, -0.1) is 0 Å². The molecule has 0 rings (SSSR count). The van der Waals surface area contributed by atoms with Gasteiger partial charge in [0.25, 0.3) is 0 Å². The number of esters is 4. The predicted molar refractivity (Wildman–Crippen MR) is 437 cm³/mol. The maximum absolute atomic E-state index is 13.2. The topological polar surface area (TPSA) is 237 Å². The van der Waals surface area contributed by atoms with Crippen molar-refractivity contribution in [2.75, 3.05) is 39.6 Å². The van der Waals surface area contributed by atoms with E-state index < -0.39 is 97.5 Å². The number of aliphatic hydroxyl groups excluding tert-OH is 1. The van der Waals surface area contributed by atoms with Crippen molar-refractivity contribution < 1.29 is 80.2 Å². The van der Waals surface area contributed by atoms with Crippen molar-refractivity contribution in [1.29, 1.82) is 0 Å². The molecular formula is C87H170O17P2. The lowest BCUT2D eigenvalue weighted by Gasteiger charge is -2.21. The first kappa shape index (κ1) is 104. The average molecular weight is 1550 g/mol. The summed E-state index contributed by atoms with van der Waals surface area (Å²) in [5.74, 6) is 1.05. The van der Waals surface area contributed by atoms with Crippen LogP contribution < -0.4 is 0 Å². The van der Waals surface area contributed by atoms with Gasteiger partial charge in [0.2, 0.25) is 0 Å². The molecule has 0 aliphatic carbocycles. The van der Waals surface area contributed by atoms with E-state index in [1.807, 2.05) is 0 Å². The summed E-state index contributed by atoms with van der Waals surface area (Å²) < 4.78 is 68.9. The lowest BCUT2D eigenvalue weighted by Crippen LogP contribution is -2.30.